The van der Waals surface area contributed by atoms with Gasteiger partial charge in [-0.2, -0.15) is 0 Å². The molecule has 3 rings (SSSR count). The summed E-state index contributed by atoms with van der Waals surface area (Å²) in [6, 6.07) is 13.3. The molecular weight excluding hydrogens is 434 g/mol. The van der Waals surface area contributed by atoms with Gasteiger partial charge < -0.3 is 14.7 Å². The van der Waals surface area contributed by atoms with Crippen molar-refractivity contribution in [1.82, 2.24) is 4.90 Å². The molecule has 33 heavy (non-hydrogen) atoms. The second kappa shape index (κ2) is 12.2. The zero-order valence-electron chi connectivity index (χ0n) is 18.9. The molecule has 1 fully saturated rings. The Kier molecular flexibility index (Phi) is 9.05. The van der Waals surface area contributed by atoms with Crippen LogP contribution in [0.5, 0.6) is 0 Å². The number of likely N-dealkylation sites (tertiary alicyclic amines) is 1. The van der Waals surface area contributed by atoms with E-state index < -0.39 is 6.10 Å². The Hall–Kier alpha value is -3.14. The molecule has 0 saturated carbocycles. The molecule has 1 unspecified atom stereocenters. The van der Waals surface area contributed by atoms with Crippen molar-refractivity contribution in [3.05, 3.63) is 76.0 Å². The molecule has 1 amide bonds. The Morgan fingerprint density at radius 3 is 2.85 bits per heavy atom. The minimum atomic E-state index is -0.619. The predicted molar refractivity (Wildman–Crippen MR) is 132 cm³/mol. The SMILES string of the molecule is COC(=O)c1ccc(/C=C\CN2C(=O)CC[C@@H]2/C=C/[C@@H](O)C(C)CC#Cc2ccccc2)s1. The van der Waals surface area contributed by atoms with Crippen LogP contribution in [0.15, 0.2) is 60.7 Å². The molecule has 1 aromatic carbocycles. The molecule has 0 spiro atoms. The van der Waals surface area contributed by atoms with E-state index in [0.717, 1.165) is 16.9 Å². The number of carbonyl (C=O) groups is 2. The maximum atomic E-state index is 12.3. The van der Waals surface area contributed by atoms with Gasteiger partial charge in [0.1, 0.15) is 4.88 Å². The van der Waals surface area contributed by atoms with E-state index in [1.807, 2.05) is 66.4 Å². The molecule has 0 bridgehead atoms. The number of ether oxygens (including phenoxy) is 1. The van der Waals surface area contributed by atoms with Gasteiger partial charge in [-0.05, 0) is 42.7 Å². The van der Waals surface area contributed by atoms with Crippen molar-refractivity contribution >= 4 is 29.3 Å². The van der Waals surface area contributed by atoms with Crippen LogP contribution in [0.4, 0.5) is 0 Å². The zero-order chi connectivity index (χ0) is 23.6. The monoisotopic (exact) mass is 463 g/mol. The summed E-state index contributed by atoms with van der Waals surface area (Å²) in [6.07, 6.45) is 8.77. The molecule has 0 radical (unpaired) electrons. The van der Waals surface area contributed by atoms with Gasteiger partial charge in [0.25, 0.3) is 0 Å². The van der Waals surface area contributed by atoms with E-state index in [0.29, 0.717) is 24.3 Å². The standard InChI is InChI=1S/C27H29NO4S/c1-20(8-6-11-21-9-4-3-5-10-21)24(29)16-13-22-14-18-26(30)28(22)19-7-12-23-15-17-25(33-23)27(31)32-2/h3-5,7,9-10,12-13,15-17,20,22,24,29H,8,14,18-19H2,1-2H3/b12-7-,16-13+/t20?,22-,24+/m0/s1. The number of carbonyl (C=O) groups excluding carboxylic acids is 2. The second-order valence-electron chi connectivity index (χ2n) is 7.97. The fourth-order valence-electron chi connectivity index (χ4n) is 3.52. The molecule has 5 nitrogen and oxygen atoms in total. The number of aliphatic hydroxyl groups is 1. The number of amides is 1. The Morgan fingerprint density at radius 1 is 1.30 bits per heavy atom. The van der Waals surface area contributed by atoms with Crippen molar-refractivity contribution in [2.75, 3.05) is 13.7 Å². The van der Waals surface area contributed by atoms with Gasteiger partial charge in [0.05, 0.1) is 19.3 Å². The lowest BCUT2D eigenvalue weighted by molar-refractivity contribution is -0.127. The summed E-state index contributed by atoms with van der Waals surface area (Å²) in [5.41, 5.74) is 0.965. The van der Waals surface area contributed by atoms with Crippen molar-refractivity contribution in [1.29, 1.82) is 0 Å². The number of hydrogen-bond donors (Lipinski definition) is 1. The van der Waals surface area contributed by atoms with Crippen LogP contribution in [0.25, 0.3) is 6.08 Å². The third-order valence-corrected chi connectivity index (χ3v) is 6.55. The fraction of sp³-hybridized carbons (Fsp3) is 0.333. The van der Waals surface area contributed by atoms with Crippen LogP contribution in [-0.4, -0.2) is 47.7 Å². The van der Waals surface area contributed by atoms with Crippen molar-refractivity contribution in [2.24, 2.45) is 5.92 Å². The molecule has 0 aliphatic carbocycles. The van der Waals surface area contributed by atoms with E-state index in [1.165, 1.54) is 18.4 Å². The van der Waals surface area contributed by atoms with Crippen LogP contribution < -0.4 is 0 Å². The number of esters is 1. The van der Waals surface area contributed by atoms with Gasteiger partial charge in [-0.25, -0.2) is 4.79 Å². The number of benzene rings is 1. The van der Waals surface area contributed by atoms with E-state index in [9.17, 15) is 14.7 Å². The van der Waals surface area contributed by atoms with Crippen LogP contribution in [0.3, 0.4) is 0 Å². The molecule has 1 saturated heterocycles. The van der Waals surface area contributed by atoms with Crippen LogP contribution in [-0.2, 0) is 9.53 Å². The first kappa shape index (κ1) is 24.5. The normalized spacial score (nSPS) is 17.8. The molecule has 6 heteroatoms. The predicted octanol–water partition coefficient (Wildman–Crippen LogP) is 4.53. The van der Waals surface area contributed by atoms with Crippen molar-refractivity contribution in [3.63, 3.8) is 0 Å². The molecule has 2 aromatic rings. The zero-order valence-corrected chi connectivity index (χ0v) is 19.8. The third kappa shape index (κ3) is 7.18. The average molecular weight is 464 g/mol. The van der Waals surface area contributed by atoms with E-state index in [2.05, 4.69) is 11.8 Å². The van der Waals surface area contributed by atoms with Gasteiger partial charge in [-0.15, -0.1) is 11.3 Å². The van der Waals surface area contributed by atoms with E-state index >= 15 is 0 Å². The highest BCUT2D eigenvalue weighted by molar-refractivity contribution is 7.14. The Labute approximate surface area is 199 Å². The van der Waals surface area contributed by atoms with E-state index in [-0.39, 0.29) is 23.8 Å². The fourth-order valence-corrected chi connectivity index (χ4v) is 4.37. The lowest BCUT2D eigenvalue weighted by Crippen LogP contribution is -2.32. The van der Waals surface area contributed by atoms with Crippen molar-refractivity contribution < 1.29 is 19.4 Å². The molecule has 1 aromatic heterocycles. The number of hydrogen-bond acceptors (Lipinski definition) is 5. The van der Waals surface area contributed by atoms with Crippen LogP contribution >= 0.6 is 11.3 Å². The van der Waals surface area contributed by atoms with Gasteiger partial charge in [0.15, 0.2) is 0 Å². The number of nitrogens with zero attached hydrogens (tertiary/aromatic N) is 1. The minimum Gasteiger partial charge on any atom is -0.465 e. The average Bonchev–Trinajstić information content (AvgIpc) is 3.44. The quantitative estimate of drug-likeness (QED) is 0.355. The first-order chi connectivity index (χ1) is 16.0. The highest BCUT2D eigenvalue weighted by Gasteiger charge is 2.28. The molecular formula is C27H29NO4S. The Bertz CT molecular complexity index is 1060. The van der Waals surface area contributed by atoms with E-state index in [1.54, 1.807) is 12.1 Å². The smallest absolute Gasteiger partial charge is 0.348 e. The summed E-state index contributed by atoms with van der Waals surface area (Å²) in [4.78, 5) is 27.2. The highest BCUT2D eigenvalue weighted by Crippen LogP contribution is 2.22. The van der Waals surface area contributed by atoms with Gasteiger partial charge in [-0.1, -0.05) is 55.2 Å². The molecule has 172 valence electrons. The maximum Gasteiger partial charge on any atom is 0.348 e. The molecule has 3 atom stereocenters. The maximum absolute atomic E-state index is 12.3. The topological polar surface area (TPSA) is 66.8 Å². The van der Waals surface area contributed by atoms with Gasteiger partial charge in [0.2, 0.25) is 5.91 Å². The number of thiophene rings is 1. The number of methoxy groups -OCH3 is 1. The summed E-state index contributed by atoms with van der Waals surface area (Å²) in [7, 11) is 1.36. The van der Waals surface area contributed by atoms with Gasteiger partial charge in [0, 0.05) is 29.8 Å². The van der Waals surface area contributed by atoms with Crippen molar-refractivity contribution in [3.8, 4) is 11.8 Å². The van der Waals surface area contributed by atoms with Crippen LogP contribution in [0.1, 0.15) is 46.3 Å². The van der Waals surface area contributed by atoms with Crippen molar-refractivity contribution in [2.45, 2.75) is 38.3 Å². The first-order valence-electron chi connectivity index (χ1n) is 11.0. The molecule has 1 N–H and O–H groups in total. The molecule has 2 heterocycles. The summed E-state index contributed by atoms with van der Waals surface area (Å²) >= 11 is 1.35. The summed E-state index contributed by atoms with van der Waals surface area (Å²) in [5.74, 6) is 6.00. The highest BCUT2D eigenvalue weighted by atomic mass is 32.1. The first-order valence-corrected chi connectivity index (χ1v) is 11.8. The van der Waals surface area contributed by atoms with E-state index in [4.69, 9.17) is 4.74 Å². The van der Waals surface area contributed by atoms with Crippen LogP contribution in [0, 0.1) is 17.8 Å². The summed E-state index contributed by atoms with van der Waals surface area (Å²) in [6.45, 7) is 2.45. The summed E-state index contributed by atoms with van der Waals surface area (Å²) in [5, 5.41) is 10.5. The minimum absolute atomic E-state index is 0.00857. The third-order valence-electron chi connectivity index (χ3n) is 5.52. The largest absolute Gasteiger partial charge is 0.465 e. The molecule has 1 aliphatic rings. The summed E-state index contributed by atoms with van der Waals surface area (Å²) < 4.78 is 4.73. The van der Waals surface area contributed by atoms with Gasteiger partial charge in [-0.3, -0.25) is 4.79 Å². The lowest BCUT2D eigenvalue weighted by atomic mass is 9.99. The number of rotatable bonds is 8. The lowest BCUT2D eigenvalue weighted by Gasteiger charge is -2.21. The Morgan fingerprint density at radius 2 is 2.09 bits per heavy atom. The van der Waals surface area contributed by atoms with Gasteiger partial charge >= 0.3 is 5.97 Å². The second-order valence-corrected chi connectivity index (χ2v) is 9.09. The number of aliphatic hydroxyl groups excluding tert-OH is 1. The van der Waals surface area contributed by atoms with Crippen LogP contribution in [0.2, 0.25) is 0 Å². The molecule has 1 aliphatic heterocycles. The Balaban J connectivity index is 1.52.